The molecule has 0 unspecified atom stereocenters. The molecule has 25 heavy (non-hydrogen) atoms. The maximum absolute atomic E-state index is 12.3. The number of carbonyl (C=O) groups is 2. The Hall–Kier alpha value is -1.66. The van der Waals surface area contributed by atoms with Crippen molar-refractivity contribution in [2.24, 2.45) is 0 Å². The van der Waals surface area contributed by atoms with E-state index in [9.17, 15) is 9.59 Å². The maximum Gasteiger partial charge on any atom is 0.409 e. The number of nitrogens with zero attached hydrogens (tertiary/aromatic N) is 2. The molecule has 138 valence electrons. The molecule has 0 bridgehead atoms. The Balaban J connectivity index is 1.80. The van der Waals surface area contributed by atoms with Gasteiger partial charge < -0.3 is 19.3 Å². The van der Waals surface area contributed by atoms with Gasteiger partial charge in [-0.2, -0.15) is 0 Å². The molecule has 6 nitrogen and oxygen atoms in total. The summed E-state index contributed by atoms with van der Waals surface area (Å²) < 4.78 is 10.6. The van der Waals surface area contributed by atoms with E-state index < -0.39 is 6.09 Å². The number of amides is 2. The fraction of sp³-hybridized carbons (Fsp3) is 0.529. The van der Waals surface area contributed by atoms with Crippen LogP contribution in [-0.4, -0.2) is 67.1 Å². The molecule has 0 radical (unpaired) electrons. The van der Waals surface area contributed by atoms with Gasteiger partial charge in [0.2, 0.25) is 0 Å². The molecular weight excluding hydrogens is 367 g/mol. The lowest BCUT2D eigenvalue weighted by Gasteiger charge is -2.34. The van der Waals surface area contributed by atoms with Gasteiger partial charge in [0.15, 0.2) is 6.61 Å². The number of alkyl halides is 1. The first kappa shape index (κ1) is 19.7. The van der Waals surface area contributed by atoms with Crippen molar-refractivity contribution in [2.75, 3.05) is 45.3 Å². The summed E-state index contributed by atoms with van der Waals surface area (Å²) in [4.78, 5) is 27.3. The Morgan fingerprint density at radius 1 is 1.08 bits per heavy atom. The van der Waals surface area contributed by atoms with Crippen molar-refractivity contribution in [2.45, 2.75) is 13.8 Å². The van der Waals surface area contributed by atoms with E-state index in [-0.39, 0.29) is 25.0 Å². The predicted molar refractivity (Wildman–Crippen MR) is 96.6 cm³/mol. The van der Waals surface area contributed by atoms with E-state index in [2.05, 4.69) is 0 Å². The average Bonchev–Trinajstić information content (AvgIpc) is 2.62. The Bertz CT molecular complexity index is 608. The van der Waals surface area contributed by atoms with Gasteiger partial charge in [0.25, 0.3) is 5.91 Å². The number of benzene rings is 1. The first-order chi connectivity index (χ1) is 11.9. The lowest BCUT2D eigenvalue weighted by molar-refractivity contribution is -0.134. The fourth-order valence-electron chi connectivity index (χ4n) is 2.58. The van der Waals surface area contributed by atoms with Gasteiger partial charge >= 0.3 is 6.09 Å². The number of aryl methyl sites for hydroxylation is 2. The van der Waals surface area contributed by atoms with Crippen molar-refractivity contribution >= 4 is 35.2 Å². The fourth-order valence-corrected chi connectivity index (χ4v) is 2.77. The van der Waals surface area contributed by atoms with Crippen LogP contribution in [0.2, 0.25) is 5.02 Å². The molecule has 0 atom stereocenters. The minimum atomic E-state index is -0.392. The van der Waals surface area contributed by atoms with E-state index in [4.69, 9.17) is 32.7 Å². The normalized spacial score (nSPS) is 14.4. The Morgan fingerprint density at radius 2 is 1.64 bits per heavy atom. The third-order valence-electron chi connectivity index (χ3n) is 3.97. The highest BCUT2D eigenvalue weighted by molar-refractivity contribution is 6.32. The second kappa shape index (κ2) is 9.15. The predicted octanol–water partition coefficient (Wildman–Crippen LogP) is 2.86. The van der Waals surface area contributed by atoms with Crippen LogP contribution in [0, 0.1) is 13.8 Å². The highest BCUT2D eigenvalue weighted by atomic mass is 35.5. The maximum atomic E-state index is 12.3. The number of hydrogen-bond acceptors (Lipinski definition) is 4. The molecule has 0 saturated carbocycles. The molecule has 1 fully saturated rings. The van der Waals surface area contributed by atoms with E-state index in [1.165, 1.54) is 0 Å². The van der Waals surface area contributed by atoms with Crippen LogP contribution in [0.1, 0.15) is 11.1 Å². The zero-order chi connectivity index (χ0) is 18.4. The summed E-state index contributed by atoms with van der Waals surface area (Å²) in [5, 5.41) is 0.704. The largest absolute Gasteiger partial charge is 0.484 e. The van der Waals surface area contributed by atoms with Gasteiger partial charge in [0, 0.05) is 31.2 Å². The van der Waals surface area contributed by atoms with E-state index >= 15 is 0 Å². The van der Waals surface area contributed by atoms with Gasteiger partial charge in [-0.1, -0.05) is 11.6 Å². The van der Waals surface area contributed by atoms with Crippen LogP contribution in [0.5, 0.6) is 5.75 Å². The van der Waals surface area contributed by atoms with Crippen LogP contribution >= 0.6 is 23.2 Å². The van der Waals surface area contributed by atoms with Crippen LogP contribution in [0.25, 0.3) is 0 Å². The molecule has 0 aromatic heterocycles. The molecular formula is C17H22Cl2N2O4. The molecule has 0 aliphatic carbocycles. The number of hydrogen-bond donors (Lipinski definition) is 0. The number of carbonyl (C=O) groups excluding carboxylic acids is 2. The number of rotatable bonds is 5. The third kappa shape index (κ3) is 5.41. The zero-order valence-electron chi connectivity index (χ0n) is 14.4. The summed E-state index contributed by atoms with van der Waals surface area (Å²) >= 11 is 11.6. The highest BCUT2D eigenvalue weighted by Crippen LogP contribution is 2.25. The zero-order valence-corrected chi connectivity index (χ0v) is 15.9. The second-order valence-corrected chi connectivity index (χ2v) is 6.59. The first-order valence-corrected chi connectivity index (χ1v) is 8.98. The van der Waals surface area contributed by atoms with E-state index in [1.54, 1.807) is 9.80 Å². The molecule has 1 aliphatic rings. The third-order valence-corrected chi connectivity index (χ3v) is 4.72. The van der Waals surface area contributed by atoms with Crippen LogP contribution in [-0.2, 0) is 9.53 Å². The molecule has 2 rings (SSSR count). The molecule has 1 aromatic carbocycles. The lowest BCUT2D eigenvalue weighted by atomic mass is 10.1. The summed E-state index contributed by atoms with van der Waals surface area (Å²) in [7, 11) is 0. The number of halogens is 2. The van der Waals surface area contributed by atoms with Crippen LogP contribution in [0.4, 0.5) is 4.79 Å². The SMILES string of the molecule is Cc1cc(OCC(=O)N2CCN(C(=O)OCCCl)CC2)cc(C)c1Cl. The van der Waals surface area contributed by atoms with Crippen molar-refractivity contribution in [3.63, 3.8) is 0 Å². The van der Waals surface area contributed by atoms with Crippen LogP contribution < -0.4 is 4.74 Å². The number of ether oxygens (including phenoxy) is 2. The second-order valence-electron chi connectivity index (χ2n) is 5.83. The monoisotopic (exact) mass is 388 g/mol. The number of piperazine rings is 1. The van der Waals surface area contributed by atoms with Crippen molar-refractivity contribution in [1.82, 2.24) is 9.80 Å². The molecule has 8 heteroatoms. The molecule has 0 spiro atoms. The summed E-state index contributed by atoms with van der Waals surface area (Å²) in [5.74, 6) is 0.778. The quantitative estimate of drug-likeness (QED) is 0.727. The van der Waals surface area contributed by atoms with Crippen molar-refractivity contribution in [3.8, 4) is 5.75 Å². The summed E-state index contributed by atoms with van der Waals surface area (Å²) in [6.07, 6.45) is -0.392. The molecule has 1 saturated heterocycles. The van der Waals surface area contributed by atoms with Crippen LogP contribution in [0.15, 0.2) is 12.1 Å². The smallest absolute Gasteiger partial charge is 0.409 e. The average molecular weight is 389 g/mol. The lowest BCUT2D eigenvalue weighted by Crippen LogP contribution is -2.51. The Kier molecular flexibility index (Phi) is 7.20. The van der Waals surface area contributed by atoms with Gasteiger partial charge in [0.05, 0.1) is 5.88 Å². The molecule has 1 heterocycles. The van der Waals surface area contributed by atoms with Gasteiger partial charge in [-0.05, 0) is 37.1 Å². The Morgan fingerprint density at radius 3 is 2.20 bits per heavy atom. The first-order valence-electron chi connectivity index (χ1n) is 8.07. The van der Waals surface area contributed by atoms with Gasteiger partial charge in [-0.25, -0.2) is 4.79 Å². The van der Waals surface area contributed by atoms with Crippen molar-refractivity contribution in [3.05, 3.63) is 28.3 Å². The molecule has 0 N–H and O–H groups in total. The van der Waals surface area contributed by atoms with Crippen molar-refractivity contribution in [1.29, 1.82) is 0 Å². The molecule has 1 aromatic rings. The highest BCUT2D eigenvalue weighted by Gasteiger charge is 2.25. The van der Waals surface area contributed by atoms with E-state index in [1.807, 2.05) is 26.0 Å². The van der Waals surface area contributed by atoms with E-state index in [0.29, 0.717) is 37.0 Å². The van der Waals surface area contributed by atoms with Gasteiger partial charge in [-0.3, -0.25) is 4.79 Å². The summed E-state index contributed by atoms with van der Waals surface area (Å²) in [5.41, 5.74) is 1.82. The minimum Gasteiger partial charge on any atom is -0.484 e. The molecule has 2 amide bonds. The molecule has 1 aliphatic heterocycles. The topological polar surface area (TPSA) is 59.1 Å². The van der Waals surface area contributed by atoms with Crippen molar-refractivity contribution < 1.29 is 19.1 Å². The minimum absolute atomic E-state index is 0.0444. The van der Waals surface area contributed by atoms with Gasteiger partial charge in [0.1, 0.15) is 12.4 Å². The Labute approximate surface area is 157 Å². The standard InChI is InChI=1S/C17H22Cl2N2O4/c1-12-9-14(10-13(2)16(12)19)25-11-15(22)20-4-6-21(7-5-20)17(23)24-8-3-18/h9-10H,3-8,11H2,1-2H3. The van der Waals surface area contributed by atoms with E-state index in [0.717, 1.165) is 11.1 Å². The van der Waals surface area contributed by atoms with Crippen LogP contribution in [0.3, 0.4) is 0 Å². The van der Waals surface area contributed by atoms with Gasteiger partial charge in [-0.15, -0.1) is 11.6 Å². The summed E-state index contributed by atoms with van der Waals surface area (Å²) in [6, 6.07) is 3.63. The summed E-state index contributed by atoms with van der Waals surface area (Å²) in [6.45, 7) is 5.72.